The van der Waals surface area contributed by atoms with Crippen molar-refractivity contribution in [2.24, 2.45) is 5.41 Å². The van der Waals surface area contributed by atoms with Crippen LogP contribution in [-0.4, -0.2) is 19.0 Å². The number of para-hydroxylation sites is 1. The molecule has 0 spiro atoms. The molecule has 1 fully saturated rings. The maximum atomic E-state index is 12.2. The Labute approximate surface area is 121 Å². The highest BCUT2D eigenvalue weighted by molar-refractivity contribution is 5.78. The lowest BCUT2D eigenvalue weighted by Crippen LogP contribution is -2.42. The Bertz CT molecular complexity index is 488. The number of fused-ring (bicyclic) bond motifs is 1. The molecular weight excluding hydrogens is 248 g/mol. The van der Waals surface area contributed by atoms with Crippen LogP contribution in [0.2, 0.25) is 0 Å². The van der Waals surface area contributed by atoms with Crippen molar-refractivity contribution in [2.45, 2.75) is 44.9 Å². The molecule has 1 saturated carbocycles. The first-order chi connectivity index (χ1) is 9.72. The smallest absolute Gasteiger partial charge is 0.220 e. The van der Waals surface area contributed by atoms with Crippen LogP contribution in [-0.2, 0) is 4.79 Å². The van der Waals surface area contributed by atoms with E-state index in [2.05, 4.69) is 35.8 Å². The number of hydrogen-bond acceptors (Lipinski definition) is 2. The van der Waals surface area contributed by atoms with Gasteiger partial charge in [0.15, 0.2) is 0 Å². The van der Waals surface area contributed by atoms with Gasteiger partial charge in [-0.1, -0.05) is 31.5 Å². The molecule has 2 N–H and O–H groups in total. The highest BCUT2D eigenvalue weighted by Crippen LogP contribution is 2.43. The van der Waals surface area contributed by atoms with Gasteiger partial charge in [-0.3, -0.25) is 4.79 Å². The number of benzene rings is 1. The number of rotatable bonds is 5. The maximum Gasteiger partial charge on any atom is 0.220 e. The Balaban J connectivity index is 1.53. The van der Waals surface area contributed by atoms with Gasteiger partial charge in [0.1, 0.15) is 0 Å². The number of amides is 1. The SMILES string of the molecule is CCC1(CNC(=O)CC2CNc3ccccc32)CCC1. The Kier molecular flexibility index (Phi) is 3.68. The van der Waals surface area contributed by atoms with Crippen LogP contribution in [0.5, 0.6) is 0 Å². The molecule has 0 aromatic heterocycles. The van der Waals surface area contributed by atoms with Crippen molar-refractivity contribution in [3.05, 3.63) is 29.8 Å². The zero-order chi connectivity index (χ0) is 14.0. The van der Waals surface area contributed by atoms with Crippen LogP contribution < -0.4 is 10.6 Å². The molecule has 1 aromatic rings. The highest BCUT2D eigenvalue weighted by atomic mass is 16.1. The Morgan fingerprint density at radius 1 is 1.40 bits per heavy atom. The van der Waals surface area contributed by atoms with E-state index < -0.39 is 0 Å². The van der Waals surface area contributed by atoms with Crippen LogP contribution in [0.4, 0.5) is 5.69 Å². The van der Waals surface area contributed by atoms with Crippen molar-refractivity contribution in [3.63, 3.8) is 0 Å². The number of hydrogen-bond donors (Lipinski definition) is 2. The van der Waals surface area contributed by atoms with Crippen LogP contribution in [0.3, 0.4) is 0 Å². The van der Waals surface area contributed by atoms with Gasteiger partial charge in [-0.25, -0.2) is 0 Å². The van der Waals surface area contributed by atoms with Crippen LogP contribution in [0.1, 0.15) is 50.5 Å². The van der Waals surface area contributed by atoms with E-state index in [4.69, 9.17) is 0 Å². The third-order valence-electron chi connectivity index (χ3n) is 5.20. The Morgan fingerprint density at radius 3 is 2.90 bits per heavy atom. The van der Waals surface area contributed by atoms with E-state index in [9.17, 15) is 4.79 Å². The van der Waals surface area contributed by atoms with E-state index in [1.165, 1.54) is 36.9 Å². The molecule has 3 nitrogen and oxygen atoms in total. The lowest BCUT2D eigenvalue weighted by molar-refractivity contribution is -0.122. The summed E-state index contributed by atoms with van der Waals surface area (Å²) < 4.78 is 0. The van der Waals surface area contributed by atoms with E-state index in [-0.39, 0.29) is 5.91 Å². The molecule has 3 rings (SSSR count). The van der Waals surface area contributed by atoms with E-state index >= 15 is 0 Å². The fraction of sp³-hybridized carbons (Fsp3) is 0.588. The molecule has 1 atom stereocenters. The predicted molar refractivity (Wildman–Crippen MR) is 81.9 cm³/mol. The Morgan fingerprint density at radius 2 is 2.20 bits per heavy atom. The van der Waals surface area contributed by atoms with Gasteiger partial charge in [-0.05, 0) is 36.3 Å². The minimum Gasteiger partial charge on any atom is -0.384 e. The minimum atomic E-state index is 0.202. The minimum absolute atomic E-state index is 0.202. The second-order valence-electron chi connectivity index (χ2n) is 6.35. The monoisotopic (exact) mass is 272 g/mol. The number of carbonyl (C=O) groups is 1. The van der Waals surface area contributed by atoms with Gasteiger partial charge in [0.25, 0.3) is 0 Å². The summed E-state index contributed by atoms with van der Waals surface area (Å²) in [5.74, 6) is 0.526. The van der Waals surface area contributed by atoms with Gasteiger partial charge >= 0.3 is 0 Å². The second-order valence-corrected chi connectivity index (χ2v) is 6.35. The summed E-state index contributed by atoms with van der Waals surface area (Å²) in [6.45, 7) is 3.98. The van der Waals surface area contributed by atoms with Crippen molar-refractivity contribution in [1.82, 2.24) is 5.32 Å². The number of nitrogens with one attached hydrogen (secondary N) is 2. The van der Waals surface area contributed by atoms with Gasteiger partial charge < -0.3 is 10.6 Å². The first-order valence-corrected chi connectivity index (χ1v) is 7.82. The summed E-state index contributed by atoms with van der Waals surface area (Å²) in [6.07, 6.45) is 5.66. The topological polar surface area (TPSA) is 41.1 Å². The zero-order valence-corrected chi connectivity index (χ0v) is 12.2. The van der Waals surface area contributed by atoms with Crippen molar-refractivity contribution >= 4 is 11.6 Å². The lowest BCUT2D eigenvalue weighted by Gasteiger charge is -2.41. The maximum absolute atomic E-state index is 12.2. The van der Waals surface area contributed by atoms with Crippen LogP contribution in [0.15, 0.2) is 24.3 Å². The summed E-state index contributed by atoms with van der Waals surface area (Å²) in [5.41, 5.74) is 2.88. The van der Waals surface area contributed by atoms with Gasteiger partial charge in [-0.15, -0.1) is 0 Å². The van der Waals surface area contributed by atoms with Crippen LogP contribution in [0, 0.1) is 5.41 Å². The largest absolute Gasteiger partial charge is 0.384 e. The second kappa shape index (κ2) is 5.47. The Hall–Kier alpha value is -1.51. The standard InChI is InChI=1S/C17H24N2O/c1-2-17(8-5-9-17)12-19-16(20)10-13-11-18-15-7-4-3-6-14(13)15/h3-4,6-7,13,18H,2,5,8-12H2,1H3,(H,19,20). The molecule has 0 radical (unpaired) electrons. The molecule has 1 amide bonds. The van der Waals surface area contributed by atoms with E-state index in [0.717, 1.165) is 13.1 Å². The van der Waals surface area contributed by atoms with E-state index in [1.54, 1.807) is 0 Å². The van der Waals surface area contributed by atoms with Crippen molar-refractivity contribution < 1.29 is 4.79 Å². The van der Waals surface area contributed by atoms with Gasteiger partial charge in [0.2, 0.25) is 5.91 Å². The first-order valence-electron chi connectivity index (χ1n) is 7.82. The van der Waals surface area contributed by atoms with Crippen LogP contribution >= 0.6 is 0 Å². The molecule has 1 aromatic carbocycles. The van der Waals surface area contributed by atoms with E-state index in [1.807, 2.05) is 6.07 Å². The van der Waals surface area contributed by atoms with Gasteiger partial charge in [0.05, 0.1) is 0 Å². The average Bonchev–Trinajstić information content (AvgIpc) is 2.82. The van der Waals surface area contributed by atoms with Crippen LogP contribution in [0.25, 0.3) is 0 Å². The third kappa shape index (κ3) is 2.54. The fourth-order valence-corrected chi connectivity index (χ4v) is 3.45. The van der Waals surface area contributed by atoms with Crippen molar-refractivity contribution in [1.29, 1.82) is 0 Å². The molecule has 1 aliphatic heterocycles. The number of anilines is 1. The fourth-order valence-electron chi connectivity index (χ4n) is 3.45. The average molecular weight is 272 g/mol. The highest BCUT2D eigenvalue weighted by Gasteiger charge is 2.35. The summed E-state index contributed by atoms with van der Waals surface area (Å²) >= 11 is 0. The summed E-state index contributed by atoms with van der Waals surface area (Å²) in [7, 11) is 0. The van der Waals surface area contributed by atoms with Crippen molar-refractivity contribution in [2.75, 3.05) is 18.4 Å². The van der Waals surface area contributed by atoms with Gasteiger partial charge in [0, 0.05) is 31.1 Å². The summed E-state index contributed by atoms with van der Waals surface area (Å²) in [6, 6.07) is 8.31. The van der Waals surface area contributed by atoms with E-state index in [0.29, 0.717) is 17.8 Å². The lowest BCUT2D eigenvalue weighted by atomic mass is 9.67. The third-order valence-corrected chi connectivity index (χ3v) is 5.20. The summed E-state index contributed by atoms with van der Waals surface area (Å²) in [5, 5.41) is 6.55. The molecular formula is C17H24N2O. The summed E-state index contributed by atoms with van der Waals surface area (Å²) in [4.78, 5) is 12.2. The molecule has 0 bridgehead atoms. The molecule has 1 heterocycles. The molecule has 20 heavy (non-hydrogen) atoms. The zero-order valence-electron chi connectivity index (χ0n) is 12.2. The molecule has 2 aliphatic rings. The normalized spacial score (nSPS) is 22.6. The number of carbonyl (C=O) groups excluding carboxylic acids is 1. The molecule has 0 saturated heterocycles. The predicted octanol–water partition coefficient (Wildman–Crippen LogP) is 3.28. The molecule has 108 valence electrons. The van der Waals surface area contributed by atoms with Gasteiger partial charge in [-0.2, -0.15) is 0 Å². The molecule has 1 unspecified atom stereocenters. The quantitative estimate of drug-likeness (QED) is 0.863. The first kappa shape index (κ1) is 13.5. The molecule has 1 aliphatic carbocycles. The molecule has 3 heteroatoms. The van der Waals surface area contributed by atoms with Crippen molar-refractivity contribution in [3.8, 4) is 0 Å².